The van der Waals surface area contributed by atoms with Gasteiger partial charge in [-0.15, -0.1) is 0 Å². The first-order valence-electron chi connectivity index (χ1n) is 12.2. The summed E-state index contributed by atoms with van der Waals surface area (Å²) in [5.41, 5.74) is 0.0154. The summed E-state index contributed by atoms with van der Waals surface area (Å²) < 4.78 is 47.8. The highest BCUT2D eigenvalue weighted by molar-refractivity contribution is 9.10. The van der Waals surface area contributed by atoms with Gasteiger partial charge in [-0.25, -0.2) is 9.78 Å². The number of hydrogen-bond acceptors (Lipinski definition) is 5. The van der Waals surface area contributed by atoms with Crippen LogP contribution >= 0.6 is 27.5 Å². The summed E-state index contributed by atoms with van der Waals surface area (Å²) in [5, 5.41) is 14.0. The molecule has 0 fully saturated rings. The number of benzene rings is 4. The number of para-hydroxylation sites is 1. The predicted molar refractivity (Wildman–Crippen MR) is 156 cm³/mol. The fraction of sp³-hybridized carbons (Fsp3) is 0.0667. The number of carbonyl (C=O) groups is 1. The number of alkyl halides is 3. The van der Waals surface area contributed by atoms with Crippen LogP contribution in [0.5, 0.6) is 5.75 Å². The van der Waals surface area contributed by atoms with Gasteiger partial charge in [-0.1, -0.05) is 48.0 Å². The minimum Gasteiger partial charge on any atom is -0.487 e. The molecule has 0 aliphatic rings. The van der Waals surface area contributed by atoms with Crippen molar-refractivity contribution in [3.05, 3.63) is 127 Å². The number of fused-ring (bicyclic) bond motifs is 1. The van der Waals surface area contributed by atoms with E-state index in [9.17, 15) is 22.8 Å². The van der Waals surface area contributed by atoms with Crippen LogP contribution in [0, 0.1) is 0 Å². The molecular formula is C30H18BrClF3N3O4. The van der Waals surface area contributed by atoms with Crippen LogP contribution in [0.4, 0.5) is 13.2 Å². The molecule has 12 heteroatoms. The molecule has 0 aliphatic carbocycles. The molecule has 7 nitrogen and oxygen atoms in total. The van der Waals surface area contributed by atoms with Crippen molar-refractivity contribution >= 4 is 50.6 Å². The first kappa shape index (κ1) is 29.0. The van der Waals surface area contributed by atoms with Crippen LogP contribution in [-0.4, -0.2) is 27.0 Å². The van der Waals surface area contributed by atoms with Gasteiger partial charge in [0.1, 0.15) is 12.4 Å². The molecule has 0 spiro atoms. The summed E-state index contributed by atoms with van der Waals surface area (Å²) in [6.45, 7) is 0.0634. The number of rotatable bonds is 7. The van der Waals surface area contributed by atoms with Crippen molar-refractivity contribution in [3.8, 4) is 17.1 Å². The number of hydrogen-bond donors (Lipinski definition) is 1. The van der Waals surface area contributed by atoms with Crippen molar-refractivity contribution in [2.75, 3.05) is 0 Å². The van der Waals surface area contributed by atoms with Crippen molar-refractivity contribution in [1.82, 2.24) is 9.66 Å². The molecule has 0 aliphatic heterocycles. The molecule has 212 valence electrons. The van der Waals surface area contributed by atoms with Crippen molar-refractivity contribution < 1.29 is 27.8 Å². The normalized spacial score (nSPS) is 11.7. The molecule has 0 saturated heterocycles. The highest BCUT2D eigenvalue weighted by Crippen LogP contribution is 2.34. The van der Waals surface area contributed by atoms with E-state index in [0.717, 1.165) is 16.8 Å². The molecule has 0 unspecified atom stereocenters. The Morgan fingerprint density at radius 3 is 2.50 bits per heavy atom. The Kier molecular flexibility index (Phi) is 8.15. The van der Waals surface area contributed by atoms with Gasteiger partial charge in [-0.3, -0.25) is 4.79 Å². The third-order valence-corrected chi connectivity index (χ3v) is 6.94. The van der Waals surface area contributed by atoms with E-state index in [-0.39, 0.29) is 28.9 Å². The molecule has 4 aromatic carbocycles. The maximum absolute atomic E-state index is 13.5. The van der Waals surface area contributed by atoms with Gasteiger partial charge in [-0.2, -0.15) is 22.9 Å². The molecule has 5 aromatic rings. The van der Waals surface area contributed by atoms with Crippen LogP contribution in [0.3, 0.4) is 0 Å². The lowest BCUT2D eigenvalue weighted by Gasteiger charge is -2.13. The van der Waals surface area contributed by atoms with Crippen molar-refractivity contribution in [3.63, 3.8) is 0 Å². The number of carboxylic acids is 1. The Balaban J connectivity index is 1.58. The summed E-state index contributed by atoms with van der Waals surface area (Å²) in [5.74, 6) is -0.833. The Labute approximate surface area is 249 Å². The molecule has 0 atom stereocenters. The Morgan fingerprint density at radius 2 is 1.79 bits per heavy atom. The number of carboxylic acid groups (broad SMARTS) is 1. The van der Waals surface area contributed by atoms with Crippen LogP contribution in [0.2, 0.25) is 5.02 Å². The minimum absolute atomic E-state index is 0.0402. The lowest BCUT2D eigenvalue weighted by Crippen LogP contribution is -2.20. The number of ether oxygens (including phenoxy) is 1. The zero-order chi connectivity index (χ0) is 30.0. The van der Waals surface area contributed by atoms with Gasteiger partial charge >= 0.3 is 12.1 Å². The topological polar surface area (TPSA) is 93.8 Å². The minimum atomic E-state index is -4.60. The first-order valence-corrected chi connectivity index (χ1v) is 13.4. The van der Waals surface area contributed by atoms with Gasteiger partial charge in [0, 0.05) is 16.1 Å². The molecule has 42 heavy (non-hydrogen) atoms. The van der Waals surface area contributed by atoms with Crippen LogP contribution in [0.1, 0.15) is 27.0 Å². The SMILES string of the molecule is O=C(O)c1ccc(COc2c(Br)cc(Cl)cc2C=Nn2c(-c3cccc(C(F)(F)F)c3)nc3ccccc3c2=O)cc1. The van der Waals surface area contributed by atoms with Crippen molar-refractivity contribution in [2.45, 2.75) is 12.8 Å². The van der Waals surface area contributed by atoms with Crippen LogP contribution < -0.4 is 10.3 Å². The van der Waals surface area contributed by atoms with E-state index in [1.807, 2.05) is 0 Å². The Bertz CT molecular complexity index is 1910. The number of nitrogens with zero attached hydrogens (tertiary/aromatic N) is 3. The van der Waals surface area contributed by atoms with Gasteiger partial charge < -0.3 is 9.84 Å². The number of halogens is 5. The van der Waals surface area contributed by atoms with Gasteiger partial charge in [0.25, 0.3) is 5.56 Å². The van der Waals surface area contributed by atoms with Gasteiger partial charge in [0.05, 0.1) is 32.7 Å². The van der Waals surface area contributed by atoms with Crippen LogP contribution in [-0.2, 0) is 12.8 Å². The summed E-state index contributed by atoms with van der Waals surface area (Å²) in [6, 6.07) is 20.2. The molecule has 0 bridgehead atoms. The molecule has 1 heterocycles. The maximum Gasteiger partial charge on any atom is 0.416 e. The fourth-order valence-electron chi connectivity index (χ4n) is 4.10. The van der Waals surface area contributed by atoms with Gasteiger partial charge in [-0.05, 0) is 70.0 Å². The lowest BCUT2D eigenvalue weighted by atomic mass is 10.1. The zero-order valence-corrected chi connectivity index (χ0v) is 23.6. The second-order valence-electron chi connectivity index (χ2n) is 8.99. The highest BCUT2D eigenvalue weighted by atomic mass is 79.9. The lowest BCUT2D eigenvalue weighted by molar-refractivity contribution is -0.137. The molecule has 5 rings (SSSR count). The molecule has 1 N–H and O–H groups in total. The average Bonchev–Trinajstić information content (AvgIpc) is 2.96. The second kappa shape index (κ2) is 11.8. The predicted octanol–water partition coefficient (Wildman–Crippen LogP) is 7.66. The largest absolute Gasteiger partial charge is 0.487 e. The van der Waals surface area contributed by atoms with Gasteiger partial charge in [0.15, 0.2) is 5.82 Å². The van der Waals surface area contributed by atoms with Crippen LogP contribution in [0.15, 0.2) is 99.3 Å². The Hall–Kier alpha value is -4.48. The number of aromatic nitrogens is 2. The third kappa shape index (κ3) is 6.22. The monoisotopic (exact) mass is 655 g/mol. The second-order valence-corrected chi connectivity index (χ2v) is 10.3. The highest BCUT2D eigenvalue weighted by Gasteiger charge is 2.31. The summed E-state index contributed by atoms with van der Waals surface area (Å²) >= 11 is 9.69. The standard InChI is InChI=1S/C30H18BrClF3N3O4/c31-24-14-22(32)13-20(26(24)42-16-17-8-10-18(11-9-17)29(40)41)15-36-38-27(19-4-3-5-21(12-19)30(33,34)35)37-25-7-2-1-6-23(25)28(38)39/h1-15H,16H2,(H,40,41). The molecule has 0 radical (unpaired) electrons. The fourth-order valence-corrected chi connectivity index (χ4v) is 5.05. The molecular weight excluding hydrogens is 639 g/mol. The molecule has 0 saturated carbocycles. The molecule has 0 amide bonds. The van der Waals surface area contributed by atoms with E-state index in [1.165, 1.54) is 30.5 Å². The summed E-state index contributed by atoms with van der Waals surface area (Å²) in [7, 11) is 0. The van der Waals surface area contributed by atoms with Crippen LogP contribution in [0.25, 0.3) is 22.3 Å². The van der Waals surface area contributed by atoms with Crippen molar-refractivity contribution in [2.24, 2.45) is 5.10 Å². The van der Waals surface area contributed by atoms with E-state index in [4.69, 9.17) is 21.4 Å². The third-order valence-electron chi connectivity index (χ3n) is 6.14. The quantitative estimate of drug-likeness (QED) is 0.182. The molecule has 1 aromatic heterocycles. The number of aromatic carboxylic acids is 1. The van der Waals surface area contributed by atoms with Crippen molar-refractivity contribution in [1.29, 1.82) is 0 Å². The van der Waals surface area contributed by atoms with E-state index in [1.54, 1.807) is 48.5 Å². The van der Waals surface area contributed by atoms with E-state index < -0.39 is 23.3 Å². The Morgan fingerprint density at radius 1 is 1.05 bits per heavy atom. The smallest absolute Gasteiger partial charge is 0.416 e. The summed E-state index contributed by atoms with van der Waals surface area (Å²) in [4.78, 5) is 29.1. The zero-order valence-electron chi connectivity index (χ0n) is 21.3. The van der Waals surface area contributed by atoms with E-state index >= 15 is 0 Å². The van der Waals surface area contributed by atoms with E-state index in [2.05, 4.69) is 26.0 Å². The maximum atomic E-state index is 13.5. The van der Waals surface area contributed by atoms with E-state index in [0.29, 0.717) is 31.9 Å². The first-order chi connectivity index (χ1) is 20.0. The summed E-state index contributed by atoms with van der Waals surface area (Å²) in [6.07, 6.45) is -3.30. The van der Waals surface area contributed by atoms with Gasteiger partial charge in [0.2, 0.25) is 0 Å². The average molecular weight is 657 g/mol.